The van der Waals surface area contributed by atoms with E-state index in [1.54, 1.807) is 30.4 Å². The molecule has 29 heavy (non-hydrogen) atoms. The Balaban J connectivity index is 1.62. The minimum absolute atomic E-state index is 0.161. The molecule has 0 saturated carbocycles. The minimum Gasteiger partial charge on any atom is -0.323 e. The van der Waals surface area contributed by atoms with Gasteiger partial charge in [-0.2, -0.15) is 0 Å². The SMILES string of the molecule is CC(Sc1nnc(-c2cccs2)n1-c1ccccc1)C(=O)Nc1ccccc1F. The van der Waals surface area contributed by atoms with E-state index in [1.807, 2.05) is 52.4 Å². The lowest BCUT2D eigenvalue weighted by molar-refractivity contribution is -0.115. The number of hydrogen-bond acceptors (Lipinski definition) is 5. The number of para-hydroxylation sites is 2. The van der Waals surface area contributed by atoms with Crippen molar-refractivity contribution in [2.75, 3.05) is 5.32 Å². The number of aromatic nitrogens is 3. The molecular formula is C21H17FN4OS2. The van der Waals surface area contributed by atoms with Crippen LogP contribution in [0.3, 0.4) is 0 Å². The highest BCUT2D eigenvalue weighted by atomic mass is 32.2. The molecule has 0 aliphatic heterocycles. The van der Waals surface area contributed by atoms with Crippen LogP contribution in [0.25, 0.3) is 16.4 Å². The summed E-state index contributed by atoms with van der Waals surface area (Å²) in [5.41, 5.74) is 1.07. The molecule has 5 nitrogen and oxygen atoms in total. The number of rotatable bonds is 6. The molecule has 0 fully saturated rings. The predicted molar refractivity (Wildman–Crippen MR) is 115 cm³/mol. The van der Waals surface area contributed by atoms with Gasteiger partial charge in [-0.05, 0) is 42.6 Å². The third-order valence-corrected chi connectivity index (χ3v) is 6.08. The minimum atomic E-state index is -0.502. The molecule has 0 aliphatic rings. The van der Waals surface area contributed by atoms with Gasteiger partial charge >= 0.3 is 0 Å². The van der Waals surface area contributed by atoms with Gasteiger partial charge in [-0.15, -0.1) is 21.5 Å². The quantitative estimate of drug-likeness (QED) is 0.429. The third-order valence-electron chi connectivity index (χ3n) is 4.17. The first-order valence-corrected chi connectivity index (χ1v) is 10.7. The third kappa shape index (κ3) is 4.23. The number of nitrogens with one attached hydrogen (secondary N) is 1. The maximum absolute atomic E-state index is 13.8. The van der Waals surface area contributed by atoms with Crippen molar-refractivity contribution >= 4 is 34.7 Å². The lowest BCUT2D eigenvalue weighted by Crippen LogP contribution is -2.23. The van der Waals surface area contributed by atoms with E-state index in [9.17, 15) is 9.18 Å². The van der Waals surface area contributed by atoms with E-state index in [4.69, 9.17) is 0 Å². The second-order valence-electron chi connectivity index (χ2n) is 6.18. The van der Waals surface area contributed by atoms with Crippen LogP contribution >= 0.6 is 23.1 Å². The highest BCUT2D eigenvalue weighted by molar-refractivity contribution is 8.00. The summed E-state index contributed by atoms with van der Waals surface area (Å²) in [4.78, 5) is 13.6. The number of amides is 1. The van der Waals surface area contributed by atoms with Crippen LogP contribution in [0.15, 0.2) is 77.3 Å². The van der Waals surface area contributed by atoms with E-state index >= 15 is 0 Å². The van der Waals surface area contributed by atoms with E-state index in [2.05, 4.69) is 15.5 Å². The number of carbonyl (C=O) groups excluding carboxylic acids is 1. The second-order valence-corrected chi connectivity index (χ2v) is 8.44. The van der Waals surface area contributed by atoms with Gasteiger partial charge in [-0.3, -0.25) is 9.36 Å². The number of halogens is 1. The van der Waals surface area contributed by atoms with Gasteiger partial charge in [0.2, 0.25) is 5.91 Å². The number of nitrogens with zero attached hydrogens (tertiary/aromatic N) is 3. The van der Waals surface area contributed by atoms with E-state index < -0.39 is 11.1 Å². The summed E-state index contributed by atoms with van der Waals surface area (Å²) in [6, 6.07) is 19.8. The highest BCUT2D eigenvalue weighted by Crippen LogP contribution is 2.32. The zero-order chi connectivity index (χ0) is 20.2. The van der Waals surface area contributed by atoms with Gasteiger partial charge in [0.25, 0.3) is 0 Å². The predicted octanol–water partition coefficient (Wildman–Crippen LogP) is 5.25. The Morgan fingerprint density at radius 2 is 1.83 bits per heavy atom. The number of hydrogen-bond donors (Lipinski definition) is 1. The Hall–Kier alpha value is -2.97. The van der Waals surface area contributed by atoms with Crippen molar-refractivity contribution in [1.29, 1.82) is 0 Å². The molecule has 4 aromatic rings. The summed E-state index contributed by atoms with van der Waals surface area (Å²) in [7, 11) is 0. The number of benzene rings is 2. The van der Waals surface area contributed by atoms with E-state index in [0.717, 1.165) is 16.4 Å². The monoisotopic (exact) mass is 424 g/mol. The van der Waals surface area contributed by atoms with Gasteiger partial charge in [0, 0.05) is 5.69 Å². The molecule has 146 valence electrons. The average molecular weight is 425 g/mol. The maximum atomic E-state index is 13.8. The lowest BCUT2D eigenvalue weighted by atomic mass is 10.3. The van der Waals surface area contributed by atoms with Crippen LogP contribution in [0, 0.1) is 5.82 Å². The molecule has 0 aliphatic carbocycles. The van der Waals surface area contributed by atoms with Crippen molar-refractivity contribution in [3.63, 3.8) is 0 Å². The Morgan fingerprint density at radius 3 is 2.55 bits per heavy atom. The molecule has 1 atom stereocenters. The van der Waals surface area contributed by atoms with Crippen molar-refractivity contribution < 1.29 is 9.18 Å². The second kappa shape index (κ2) is 8.59. The smallest absolute Gasteiger partial charge is 0.237 e. The van der Waals surface area contributed by atoms with E-state index in [1.165, 1.54) is 23.9 Å². The molecule has 1 N–H and O–H groups in total. The van der Waals surface area contributed by atoms with Crippen LogP contribution in [0.4, 0.5) is 10.1 Å². The fourth-order valence-corrected chi connectivity index (χ4v) is 4.30. The van der Waals surface area contributed by atoms with Gasteiger partial charge in [-0.1, -0.05) is 48.2 Å². The molecular weight excluding hydrogens is 407 g/mol. The number of anilines is 1. The molecule has 0 spiro atoms. The van der Waals surface area contributed by atoms with Gasteiger partial charge in [0.05, 0.1) is 15.8 Å². The molecule has 0 bridgehead atoms. The van der Waals surface area contributed by atoms with Gasteiger partial charge < -0.3 is 5.32 Å². The summed E-state index contributed by atoms with van der Waals surface area (Å²) in [6.45, 7) is 1.76. The van der Waals surface area contributed by atoms with Gasteiger partial charge in [0.15, 0.2) is 11.0 Å². The van der Waals surface area contributed by atoms with Crippen LogP contribution < -0.4 is 5.32 Å². The zero-order valence-electron chi connectivity index (χ0n) is 15.4. The molecule has 8 heteroatoms. The molecule has 2 aromatic heterocycles. The van der Waals surface area contributed by atoms with E-state index in [0.29, 0.717) is 5.16 Å². The summed E-state index contributed by atoms with van der Waals surface area (Å²) in [5, 5.41) is 13.4. The number of thioether (sulfide) groups is 1. The molecule has 0 radical (unpaired) electrons. The van der Waals surface area contributed by atoms with Gasteiger partial charge in [0.1, 0.15) is 5.82 Å². The van der Waals surface area contributed by atoms with Crippen molar-refractivity contribution in [3.8, 4) is 16.4 Å². The number of thiophene rings is 1. The lowest BCUT2D eigenvalue weighted by Gasteiger charge is -2.14. The largest absolute Gasteiger partial charge is 0.323 e. The highest BCUT2D eigenvalue weighted by Gasteiger charge is 2.22. The first kappa shape index (κ1) is 19.4. The Kier molecular flexibility index (Phi) is 5.73. The fourth-order valence-electron chi connectivity index (χ4n) is 2.73. The molecule has 1 unspecified atom stereocenters. The normalized spacial score (nSPS) is 11.9. The molecule has 0 saturated heterocycles. The topological polar surface area (TPSA) is 59.8 Å². The van der Waals surface area contributed by atoms with Crippen LogP contribution in [0.2, 0.25) is 0 Å². The Labute approximate surface area is 175 Å². The van der Waals surface area contributed by atoms with E-state index in [-0.39, 0.29) is 11.6 Å². The fraction of sp³-hybridized carbons (Fsp3) is 0.0952. The first-order chi connectivity index (χ1) is 14.1. The maximum Gasteiger partial charge on any atom is 0.237 e. The number of carbonyl (C=O) groups is 1. The van der Waals surface area contributed by atoms with Crippen molar-refractivity contribution in [3.05, 3.63) is 77.9 Å². The molecule has 2 heterocycles. The molecule has 2 aromatic carbocycles. The van der Waals surface area contributed by atoms with Crippen molar-refractivity contribution in [2.45, 2.75) is 17.3 Å². The Bertz CT molecular complexity index is 1110. The Morgan fingerprint density at radius 1 is 1.07 bits per heavy atom. The molecule has 4 rings (SSSR count). The van der Waals surface area contributed by atoms with Crippen molar-refractivity contribution in [2.24, 2.45) is 0 Å². The van der Waals surface area contributed by atoms with Gasteiger partial charge in [-0.25, -0.2) is 4.39 Å². The summed E-state index contributed by atoms with van der Waals surface area (Å²) >= 11 is 2.85. The van der Waals surface area contributed by atoms with Crippen LogP contribution in [0.5, 0.6) is 0 Å². The standard InChI is InChI=1S/C21H17FN4OS2/c1-14(20(27)23-17-11-6-5-10-16(17)22)29-21-25-24-19(18-12-7-13-28-18)26(21)15-8-3-2-4-9-15/h2-14H,1H3,(H,23,27). The first-order valence-electron chi connectivity index (χ1n) is 8.90. The van der Waals surface area contributed by atoms with Crippen LogP contribution in [-0.2, 0) is 4.79 Å². The van der Waals surface area contributed by atoms with Crippen LogP contribution in [-0.4, -0.2) is 25.9 Å². The molecule has 1 amide bonds. The van der Waals surface area contributed by atoms with Crippen molar-refractivity contribution in [1.82, 2.24) is 14.8 Å². The van der Waals surface area contributed by atoms with Crippen LogP contribution in [0.1, 0.15) is 6.92 Å². The zero-order valence-corrected chi connectivity index (χ0v) is 17.1. The average Bonchev–Trinajstić information content (AvgIpc) is 3.40. The summed E-state index contributed by atoms with van der Waals surface area (Å²) in [5.74, 6) is -0.0544. The summed E-state index contributed by atoms with van der Waals surface area (Å²) in [6.07, 6.45) is 0. The summed E-state index contributed by atoms with van der Waals surface area (Å²) < 4.78 is 15.8.